The van der Waals surface area contributed by atoms with Gasteiger partial charge in [-0.05, 0) is 27.1 Å². The van der Waals surface area contributed by atoms with E-state index in [1.807, 2.05) is 25.9 Å². The Balaban J connectivity index is 2.25. The third-order valence-corrected chi connectivity index (χ3v) is 2.81. The maximum absolute atomic E-state index is 13.5. The number of nitrogens with one attached hydrogen (secondary N) is 1. The van der Waals surface area contributed by atoms with Crippen molar-refractivity contribution in [1.29, 1.82) is 0 Å². The highest BCUT2D eigenvalue weighted by Gasteiger charge is 2.10. The summed E-state index contributed by atoms with van der Waals surface area (Å²) in [4.78, 5) is 2.05. The molecule has 0 spiro atoms. The molecule has 19 heavy (non-hydrogen) atoms. The smallest absolute Gasteiger partial charge is 0.130 e. The summed E-state index contributed by atoms with van der Waals surface area (Å²) in [6, 6.07) is 3.47. The predicted octanol–water partition coefficient (Wildman–Crippen LogP) is 2.19. The van der Waals surface area contributed by atoms with Gasteiger partial charge in [0.15, 0.2) is 0 Å². The Morgan fingerprint density at radius 2 is 2.00 bits per heavy atom. The Hall–Kier alpha value is -1.04. The van der Waals surface area contributed by atoms with E-state index in [-0.39, 0.29) is 6.04 Å². The summed E-state index contributed by atoms with van der Waals surface area (Å²) in [5.41, 5.74) is 0.467. The van der Waals surface area contributed by atoms with Gasteiger partial charge in [-0.1, -0.05) is 6.07 Å². The molecule has 1 rings (SSSR count). The third kappa shape index (κ3) is 6.09. The van der Waals surface area contributed by atoms with Crippen LogP contribution in [-0.2, 0) is 4.74 Å². The molecule has 0 saturated carbocycles. The normalized spacial score (nSPS) is 12.9. The zero-order valence-electron chi connectivity index (χ0n) is 11.7. The van der Waals surface area contributed by atoms with Gasteiger partial charge in [-0.3, -0.25) is 0 Å². The Labute approximate surface area is 113 Å². The molecule has 0 amide bonds. The Bertz CT molecular complexity index is 386. The lowest BCUT2D eigenvalue weighted by Crippen LogP contribution is -2.25. The largest absolute Gasteiger partial charge is 0.379 e. The van der Waals surface area contributed by atoms with Gasteiger partial charge in [0.05, 0.1) is 13.2 Å². The van der Waals surface area contributed by atoms with Crippen molar-refractivity contribution in [2.24, 2.45) is 0 Å². The second-order valence-corrected chi connectivity index (χ2v) is 4.76. The Kier molecular flexibility index (Phi) is 6.91. The van der Waals surface area contributed by atoms with Crippen LogP contribution in [0.3, 0.4) is 0 Å². The van der Waals surface area contributed by atoms with Crippen LogP contribution in [0.1, 0.15) is 18.5 Å². The zero-order chi connectivity index (χ0) is 14.3. The lowest BCUT2D eigenvalue weighted by molar-refractivity contribution is 0.118. The summed E-state index contributed by atoms with van der Waals surface area (Å²) >= 11 is 0. The molecule has 0 radical (unpaired) electrons. The van der Waals surface area contributed by atoms with Crippen molar-refractivity contribution in [2.75, 3.05) is 40.4 Å². The maximum atomic E-state index is 13.5. The molecule has 0 aromatic heterocycles. The van der Waals surface area contributed by atoms with Gasteiger partial charge in [0.1, 0.15) is 11.6 Å². The van der Waals surface area contributed by atoms with Crippen molar-refractivity contribution in [3.05, 3.63) is 35.4 Å². The molecule has 3 nitrogen and oxygen atoms in total. The highest BCUT2D eigenvalue weighted by Crippen LogP contribution is 2.17. The molecule has 0 saturated heterocycles. The molecular weight excluding hydrogens is 250 g/mol. The summed E-state index contributed by atoms with van der Waals surface area (Å²) in [5, 5.41) is 3.15. The van der Waals surface area contributed by atoms with Gasteiger partial charge < -0.3 is 15.0 Å². The number of benzene rings is 1. The first-order chi connectivity index (χ1) is 9.00. The SMILES string of the molecule is CC(NCCOCCN(C)C)c1ccc(F)cc1F. The van der Waals surface area contributed by atoms with Crippen LogP contribution in [0, 0.1) is 11.6 Å². The van der Waals surface area contributed by atoms with Crippen molar-refractivity contribution in [2.45, 2.75) is 13.0 Å². The number of nitrogens with zero attached hydrogens (tertiary/aromatic N) is 1. The summed E-state index contributed by atoms with van der Waals surface area (Å²) in [5.74, 6) is -1.08. The van der Waals surface area contributed by atoms with Gasteiger partial charge in [-0.25, -0.2) is 8.78 Å². The topological polar surface area (TPSA) is 24.5 Å². The second-order valence-electron chi connectivity index (χ2n) is 4.76. The Morgan fingerprint density at radius 1 is 1.26 bits per heavy atom. The van der Waals surface area contributed by atoms with Crippen LogP contribution in [0.4, 0.5) is 8.78 Å². The molecule has 0 bridgehead atoms. The monoisotopic (exact) mass is 272 g/mol. The highest BCUT2D eigenvalue weighted by atomic mass is 19.1. The van der Waals surface area contributed by atoms with E-state index in [0.29, 0.717) is 25.3 Å². The van der Waals surface area contributed by atoms with E-state index in [1.54, 1.807) is 0 Å². The van der Waals surface area contributed by atoms with E-state index in [1.165, 1.54) is 12.1 Å². The van der Waals surface area contributed by atoms with E-state index >= 15 is 0 Å². The molecule has 0 aliphatic heterocycles. The Morgan fingerprint density at radius 3 is 2.63 bits per heavy atom. The number of ether oxygens (including phenoxy) is 1. The van der Waals surface area contributed by atoms with E-state index in [4.69, 9.17) is 4.74 Å². The third-order valence-electron chi connectivity index (χ3n) is 2.81. The van der Waals surface area contributed by atoms with Gasteiger partial charge in [-0.2, -0.15) is 0 Å². The molecule has 0 aliphatic carbocycles. The molecule has 5 heteroatoms. The number of hydrogen-bond donors (Lipinski definition) is 1. The van der Waals surface area contributed by atoms with Gasteiger partial charge in [-0.15, -0.1) is 0 Å². The van der Waals surface area contributed by atoms with Gasteiger partial charge >= 0.3 is 0 Å². The lowest BCUT2D eigenvalue weighted by atomic mass is 10.1. The number of hydrogen-bond acceptors (Lipinski definition) is 3. The fourth-order valence-electron chi connectivity index (χ4n) is 1.66. The van der Waals surface area contributed by atoms with Crippen LogP contribution in [0.2, 0.25) is 0 Å². The molecule has 1 atom stereocenters. The van der Waals surface area contributed by atoms with Crippen molar-refractivity contribution in [3.63, 3.8) is 0 Å². The second kappa shape index (κ2) is 8.19. The van der Waals surface area contributed by atoms with Crippen LogP contribution < -0.4 is 5.32 Å². The van der Waals surface area contributed by atoms with Gasteiger partial charge in [0, 0.05) is 30.8 Å². The minimum atomic E-state index is -0.555. The van der Waals surface area contributed by atoms with Gasteiger partial charge in [0.25, 0.3) is 0 Å². The first-order valence-corrected chi connectivity index (χ1v) is 6.41. The molecule has 1 aromatic carbocycles. The van der Waals surface area contributed by atoms with Crippen molar-refractivity contribution in [3.8, 4) is 0 Å². The minimum Gasteiger partial charge on any atom is -0.379 e. The predicted molar refractivity (Wildman–Crippen MR) is 72.1 cm³/mol. The standard InChI is InChI=1S/C14H22F2N2O/c1-11(13-5-4-12(15)10-14(13)16)17-6-8-19-9-7-18(2)3/h4-5,10-11,17H,6-9H2,1-3H3. The zero-order valence-corrected chi connectivity index (χ0v) is 11.7. The fraction of sp³-hybridized carbons (Fsp3) is 0.571. The molecule has 108 valence electrons. The number of rotatable bonds is 8. The molecule has 1 unspecified atom stereocenters. The number of halogens is 2. The van der Waals surface area contributed by atoms with Crippen LogP contribution in [0.5, 0.6) is 0 Å². The molecule has 0 fully saturated rings. The van der Waals surface area contributed by atoms with Crippen molar-refractivity contribution >= 4 is 0 Å². The first-order valence-electron chi connectivity index (χ1n) is 6.41. The van der Waals surface area contributed by atoms with Crippen molar-refractivity contribution in [1.82, 2.24) is 10.2 Å². The molecule has 0 heterocycles. The van der Waals surface area contributed by atoms with Crippen LogP contribution in [-0.4, -0.2) is 45.3 Å². The maximum Gasteiger partial charge on any atom is 0.130 e. The summed E-state index contributed by atoms with van der Waals surface area (Å²) in [7, 11) is 3.97. The molecule has 0 aliphatic rings. The molecular formula is C14H22F2N2O. The van der Waals surface area contributed by atoms with Crippen LogP contribution in [0.15, 0.2) is 18.2 Å². The minimum absolute atomic E-state index is 0.168. The summed E-state index contributed by atoms with van der Waals surface area (Å²) in [6.07, 6.45) is 0. The van der Waals surface area contributed by atoms with E-state index in [2.05, 4.69) is 5.32 Å². The summed E-state index contributed by atoms with van der Waals surface area (Å²) < 4.78 is 31.7. The van der Waals surface area contributed by atoms with E-state index in [0.717, 1.165) is 12.6 Å². The molecule has 1 N–H and O–H groups in total. The van der Waals surface area contributed by atoms with Gasteiger partial charge in [0.2, 0.25) is 0 Å². The fourth-order valence-corrected chi connectivity index (χ4v) is 1.66. The summed E-state index contributed by atoms with van der Waals surface area (Å²) in [6.45, 7) is 4.60. The average molecular weight is 272 g/mol. The number of likely N-dealkylation sites (N-methyl/N-ethyl adjacent to an activating group) is 1. The average Bonchev–Trinajstić information content (AvgIpc) is 2.32. The van der Waals surface area contributed by atoms with Crippen LogP contribution in [0.25, 0.3) is 0 Å². The van der Waals surface area contributed by atoms with Crippen LogP contribution >= 0.6 is 0 Å². The molecule has 1 aromatic rings. The highest BCUT2D eigenvalue weighted by molar-refractivity contribution is 5.21. The van der Waals surface area contributed by atoms with E-state index in [9.17, 15) is 8.78 Å². The first kappa shape index (κ1) is 16.0. The van der Waals surface area contributed by atoms with Crippen molar-refractivity contribution < 1.29 is 13.5 Å². The van der Waals surface area contributed by atoms with E-state index < -0.39 is 11.6 Å². The quantitative estimate of drug-likeness (QED) is 0.734. The lowest BCUT2D eigenvalue weighted by Gasteiger charge is -2.15.